The first-order valence-corrected chi connectivity index (χ1v) is 10.6. The summed E-state index contributed by atoms with van der Waals surface area (Å²) in [5.74, 6) is -0.678. The molecule has 0 aliphatic rings. The van der Waals surface area contributed by atoms with Crippen LogP contribution in [0.2, 0.25) is 0 Å². The molecule has 7 heteroatoms. The maximum atomic E-state index is 14.8. The van der Waals surface area contributed by atoms with Gasteiger partial charge in [-0.25, -0.2) is 4.39 Å². The van der Waals surface area contributed by atoms with Gasteiger partial charge in [0.25, 0.3) is 0 Å². The van der Waals surface area contributed by atoms with Crippen LogP contribution in [0, 0.1) is 12.7 Å². The van der Waals surface area contributed by atoms with Crippen LogP contribution in [0.25, 0.3) is 0 Å². The van der Waals surface area contributed by atoms with E-state index in [1.807, 2.05) is 37.3 Å². The van der Waals surface area contributed by atoms with Crippen LogP contribution in [-0.2, 0) is 17.4 Å². The molecule has 3 rings (SSSR count). The lowest BCUT2D eigenvalue weighted by Crippen LogP contribution is -2.38. The van der Waals surface area contributed by atoms with Crippen LogP contribution < -0.4 is 10.6 Å². The highest BCUT2D eigenvalue weighted by Crippen LogP contribution is 2.30. The number of rotatable bonds is 8. The van der Waals surface area contributed by atoms with Crippen molar-refractivity contribution in [3.8, 4) is 0 Å². The van der Waals surface area contributed by atoms with E-state index in [1.54, 1.807) is 12.1 Å². The van der Waals surface area contributed by atoms with Crippen molar-refractivity contribution in [1.29, 1.82) is 0 Å². The molecule has 0 saturated heterocycles. The molecule has 174 valence electrons. The summed E-state index contributed by atoms with van der Waals surface area (Å²) in [6, 6.07) is 17.5. The summed E-state index contributed by atoms with van der Waals surface area (Å²) in [7, 11) is 1.53. The van der Waals surface area contributed by atoms with Crippen LogP contribution in [0.1, 0.15) is 46.3 Å². The van der Waals surface area contributed by atoms with Crippen molar-refractivity contribution in [2.75, 3.05) is 7.05 Å². The Morgan fingerprint density at radius 3 is 2.24 bits per heavy atom. The highest BCUT2D eigenvalue weighted by Gasteiger charge is 2.30. The minimum atomic E-state index is -4.40. The number of benzene rings is 3. The highest BCUT2D eigenvalue weighted by molar-refractivity contribution is 5.83. The van der Waals surface area contributed by atoms with Gasteiger partial charge >= 0.3 is 6.18 Å². The van der Waals surface area contributed by atoms with Gasteiger partial charge in [-0.05, 0) is 49.1 Å². The normalized spacial score (nSPS) is 13.4. The van der Waals surface area contributed by atoms with Crippen molar-refractivity contribution in [1.82, 2.24) is 10.6 Å². The number of carbonyl (C=O) groups excluding carboxylic acids is 1. The van der Waals surface area contributed by atoms with Gasteiger partial charge in [-0.3, -0.25) is 10.1 Å². The Morgan fingerprint density at radius 2 is 1.64 bits per heavy atom. The quantitative estimate of drug-likeness (QED) is 0.413. The topological polar surface area (TPSA) is 41.1 Å². The average molecular weight is 458 g/mol. The fraction of sp³-hybridized carbons (Fsp3) is 0.269. The summed E-state index contributed by atoms with van der Waals surface area (Å²) in [5, 5.41) is 5.92. The van der Waals surface area contributed by atoms with Gasteiger partial charge in [-0.15, -0.1) is 0 Å². The van der Waals surface area contributed by atoms with Crippen LogP contribution in [0.15, 0.2) is 72.8 Å². The number of aryl methyl sites for hydroxylation is 2. The number of halogens is 4. The minimum Gasteiger partial charge on any atom is -0.358 e. The van der Waals surface area contributed by atoms with Crippen molar-refractivity contribution in [2.45, 2.75) is 38.0 Å². The van der Waals surface area contributed by atoms with E-state index in [0.29, 0.717) is 24.0 Å². The third-order valence-electron chi connectivity index (χ3n) is 5.54. The third-order valence-corrected chi connectivity index (χ3v) is 5.54. The lowest BCUT2D eigenvalue weighted by Gasteiger charge is -2.26. The molecule has 2 atom stereocenters. The molecule has 0 spiro atoms. The maximum Gasteiger partial charge on any atom is 0.416 e. The number of alkyl halides is 3. The zero-order valence-corrected chi connectivity index (χ0v) is 18.4. The van der Waals surface area contributed by atoms with Crippen molar-refractivity contribution in [3.05, 3.63) is 106 Å². The van der Waals surface area contributed by atoms with Crippen LogP contribution >= 0.6 is 0 Å². The largest absolute Gasteiger partial charge is 0.416 e. The number of hydrogen-bond acceptors (Lipinski definition) is 2. The van der Waals surface area contributed by atoms with Crippen LogP contribution in [0.3, 0.4) is 0 Å². The van der Waals surface area contributed by atoms with Gasteiger partial charge in [-0.2, -0.15) is 13.2 Å². The first-order chi connectivity index (χ1) is 15.7. The van der Waals surface area contributed by atoms with Crippen molar-refractivity contribution < 1.29 is 22.4 Å². The van der Waals surface area contributed by atoms with E-state index in [4.69, 9.17) is 0 Å². The van der Waals surface area contributed by atoms with Crippen molar-refractivity contribution in [3.63, 3.8) is 0 Å². The third kappa shape index (κ3) is 6.42. The molecule has 0 aromatic heterocycles. The van der Waals surface area contributed by atoms with E-state index < -0.39 is 29.6 Å². The van der Waals surface area contributed by atoms with E-state index in [2.05, 4.69) is 10.6 Å². The molecule has 0 aliphatic carbocycles. The monoisotopic (exact) mass is 458 g/mol. The first kappa shape index (κ1) is 24.5. The lowest BCUT2D eigenvalue weighted by molar-refractivity contribution is -0.137. The Labute approximate surface area is 190 Å². The molecule has 3 nitrogen and oxygen atoms in total. The first-order valence-electron chi connectivity index (χ1n) is 10.6. The number of likely N-dealkylation sites (N-methyl/N-ethyl adjacent to an activating group) is 1. The zero-order chi connectivity index (χ0) is 24.0. The Balaban J connectivity index is 1.89. The predicted octanol–water partition coefficient (Wildman–Crippen LogP) is 5.90. The summed E-state index contributed by atoms with van der Waals surface area (Å²) in [4.78, 5) is 12.7. The molecular weight excluding hydrogens is 432 g/mol. The van der Waals surface area contributed by atoms with Crippen LogP contribution in [0.5, 0.6) is 0 Å². The van der Waals surface area contributed by atoms with Crippen molar-refractivity contribution >= 4 is 5.91 Å². The molecule has 0 aliphatic heterocycles. The fourth-order valence-electron chi connectivity index (χ4n) is 3.74. The van der Waals surface area contributed by atoms with E-state index in [0.717, 1.165) is 23.3 Å². The molecule has 0 bridgehead atoms. The Bertz CT molecular complexity index is 1070. The van der Waals surface area contributed by atoms with Gasteiger partial charge < -0.3 is 5.32 Å². The predicted molar refractivity (Wildman–Crippen MR) is 120 cm³/mol. The van der Waals surface area contributed by atoms with Crippen LogP contribution in [-0.4, -0.2) is 13.0 Å². The molecule has 33 heavy (non-hydrogen) atoms. The molecule has 3 aromatic rings. The molecule has 0 radical (unpaired) electrons. The molecule has 0 unspecified atom stereocenters. The molecule has 3 aromatic carbocycles. The van der Waals surface area contributed by atoms with Gasteiger partial charge in [-0.1, -0.05) is 60.2 Å². The highest BCUT2D eigenvalue weighted by atomic mass is 19.4. The summed E-state index contributed by atoms with van der Waals surface area (Å²) in [5.41, 5.74) is 1.98. The molecule has 0 fully saturated rings. The molecule has 0 heterocycles. The smallest absolute Gasteiger partial charge is 0.358 e. The molecule has 0 saturated carbocycles. The second-order valence-electron chi connectivity index (χ2n) is 7.94. The number of amides is 1. The van der Waals surface area contributed by atoms with E-state index >= 15 is 0 Å². The Kier molecular flexibility index (Phi) is 7.87. The number of carbonyl (C=O) groups is 1. The van der Waals surface area contributed by atoms with Gasteiger partial charge in [0, 0.05) is 18.7 Å². The van der Waals surface area contributed by atoms with Gasteiger partial charge in [0.15, 0.2) is 0 Å². The Morgan fingerprint density at radius 1 is 0.970 bits per heavy atom. The van der Waals surface area contributed by atoms with E-state index in [-0.39, 0.29) is 5.91 Å². The molecule has 2 N–H and O–H groups in total. The van der Waals surface area contributed by atoms with Crippen LogP contribution in [0.4, 0.5) is 17.6 Å². The summed E-state index contributed by atoms with van der Waals surface area (Å²) in [6.45, 7) is 1.85. The lowest BCUT2D eigenvalue weighted by atomic mass is 9.94. The number of nitrogens with one attached hydrogen (secondary N) is 2. The average Bonchev–Trinajstić information content (AvgIpc) is 2.81. The standard InChI is InChI=1S/C26H26F4N2O/c1-17-8-14-22(27)21(16-17)23(15-11-18-9-12-20(13-10-18)26(28,29)30)32-24(25(33)31-2)19-6-4-3-5-7-19/h3-10,12-14,16,23-24,32H,11,15H2,1-2H3,(H,31,33)/t23-,24+/m0/s1. The molecular formula is C26H26F4N2O. The van der Waals surface area contributed by atoms with E-state index in [9.17, 15) is 22.4 Å². The maximum absolute atomic E-state index is 14.8. The fourth-order valence-corrected chi connectivity index (χ4v) is 3.74. The molecule has 1 amide bonds. The summed E-state index contributed by atoms with van der Waals surface area (Å²) < 4.78 is 53.4. The van der Waals surface area contributed by atoms with Gasteiger partial charge in [0.05, 0.1) is 5.56 Å². The SMILES string of the molecule is CNC(=O)[C@H](N[C@@H](CCc1ccc(C(F)(F)F)cc1)c1cc(C)ccc1F)c1ccccc1. The summed E-state index contributed by atoms with van der Waals surface area (Å²) >= 11 is 0. The van der Waals surface area contributed by atoms with Crippen molar-refractivity contribution in [2.24, 2.45) is 0 Å². The minimum absolute atomic E-state index is 0.270. The van der Waals surface area contributed by atoms with E-state index in [1.165, 1.54) is 25.2 Å². The Hall–Kier alpha value is -3.19. The van der Waals surface area contributed by atoms with Gasteiger partial charge in [0.2, 0.25) is 5.91 Å². The summed E-state index contributed by atoms with van der Waals surface area (Å²) in [6.07, 6.45) is -3.62. The second-order valence-corrected chi connectivity index (χ2v) is 7.94. The second kappa shape index (κ2) is 10.6. The number of hydrogen-bond donors (Lipinski definition) is 2. The zero-order valence-electron chi connectivity index (χ0n) is 18.4. The van der Waals surface area contributed by atoms with Gasteiger partial charge in [0.1, 0.15) is 11.9 Å².